The zero-order chi connectivity index (χ0) is 11.5. The summed E-state index contributed by atoms with van der Waals surface area (Å²) >= 11 is 5.61. The number of hydrogen-bond donors (Lipinski definition) is 2. The maximum absolute atomic E-state index is 13.5. The van der Waals surface area contributed by atoms with Crippen LogP contribution in [0.2, 0.25) is 5.02 Å². The summed E-state index contributed by atoms with van der Waals surface area (Å²) in [4.78, 5) is 11.7. The van der Waals surface area contributed by atoms with Gasteiger partial charge < -0.3 is 10.6 Å². The number of amides is 1. The number of carbonyl (C=O) groups excluding carboxylic acids is 1. The molecule has 1 aliphatic rings. The van der Waals surface area contributed by atoms with Crippen LogP contribution in [0.25, 0.3) is 0 Å². The van der Waals surface area contributed by atoms with Crippen LogP contribution in [0, 0.1) is 5.82 Å². The zero-order valence-corrected chi connectivity index (χ0v) is 9.35. The van der Waals surface area contributed by atoms with Crippen molar-refractivity contribution in [1.29, 1.82) is 0 Å². The summed E-state index contributed by atoms with van der Waals surface area (Å²) in [5.74, 6) is -1.07. The van der Waals surface area contributed by atoms with Crippen molar-refractivity contribution in [2.24, 2.45) is 0 Å². The first-order valence-electron chi connectivity index (χ1n) is 5.14. The Morgan fingerprint density at radius 1 is 1.56 bits per heavy atom. The average molecular weight is 243 g/mol. The van der Waals surface area contributed by atoms with E-state index in [-0.39, 0.29) is 16.6 Å². The standard InChI is InChI=1S/C11H12ClFN2O/c12-9-3-1-2-8(10(9)13)11(16)15-7-4-5-14-6-7/h1-3,7,14H,4-6H2,(H,15,16)/t7-/m0/s1. The molecule has 1 aliphatic heterocycles. The van der Waals surface area contributed by atoms with E-state index in [1.165, 1.54) is 12.1 Å². The summed E-state index contributed by atoms with van der Waals surface area (Å²) in [5.41, 5.74) is -0.000556. The molecule has 3 nitrogen and oxygen atoms in total. The van der Waals surface area contributed by atoms with Crippen molar-refractivity contribution in [3.63, 3.8) is 0 Å². The zero-order valence-electron chi connectivity index (χ0n) is 8.59. The molecule has 0 bridgehead atoms. The fourth-order valence-corrected chi connectivity index (χ4v) is 1.89. The number of benzene rings is 1. The van der Waals surface area contributed by atoms with Crippen molar-refractivity contribution >= 4 is 17.5 Å². The van der Waals surface area contributed by atoms with Gasteiger partial charge in [-0.2, -0.15) is 0 Å². The van der Waals surface area contributed by atoms with Crippen LogP contribution in [-0.2, 0) is 0 Å². The molecule has 0 radical (unpaired) electrons. The first-order valence-corrected chi connectivity index (χ1v) is 5.52. The van der Waals surface area contributed by atoms with E-state index in [0.717, 1.165) is 19.5 Å². The van der Waals surface area contributed by atoms with Crippen molar-refractivity contribution < 1.29 is 9.18 Å². The van der Waals surface area contributed by atoms with Crippen molar-refractivity contribution in [3.05, 3.63) is 34.6 Å². The van der Waals surface area contributed by atoms with Crippen LogP contribution in [0.5, 0.6) is 0 Å². The highest BCUT2D eigenvalue weighted by Gasteiger charge is 2.20. The first kappa shape index (κ1) is 11.4. The third-order valence-corrected chi connectivity index (χ3v) is 2.88. The molecule has 2 N–H and O–H groups in total. The summed E-state index contributed by atoms with van der Waals surface area (Å²) in [6, 6.07) is 4.49. The molecular formula is C11H12ClFN2O. The molecule has 5 heteroatoms. The van der Waals surface area contributed by atoms with E-state index in [0.29, 0.717) is 0 Å². The van der Waals surface area contributed by atoms with Gasteiger partial charge in [-0.1, -0.05) is 17.7 Å². The molecule has 1 saturated heterocycles. The van der Waals surface area contributed by atoms with Crippen LogP contribution < -0.4 is 10.6 Å². The average Bonchev–Trinajstić information content (AvgIpc) is 2.74. The number of hydrogen-bond acceptors (Lipinski definition) is 2. The third-order valence-electron chi connectivity index (χ3n) is 2.59. The first-order chi connectivity index (χ1) is 7.68. The number of carbonyl (C=O) groups is 1. The predicted octanol–water partition coefficient (Wildman–Crippen LogP) is 1.57. The van der Waals surface area contributed by atoms with Crippen molar-refractivity contribution in [2.45, 2.75) is 12.5 Å². The quantitative estimate of drug-likeness (QED) is 0.827. The van der Waals surface area contributed by atoms with Crippen molar-refractivity contribution in [1.82, 2.24) is 10.6 Å². The van der Waals surface area contributed by atoms with E-state index in [9.17, 15) is 9.18 Å². The normalized spacial score (nSPS) is 19.8. The molecule has 1 amide bonds. The van der Waals surface area contributed by atoms with Crippen molar-refractivity contribution in [2.75, 3.05) is 13.1 Å². The summed E-state index contributed by atoms with van der Waals surface area (Å²) in [6.45, 7) is 1.61. The van der Waals surface area contributed by atoms with E-state index in [4.69, 9.17) is 11.6 Å². The highest BCUT2D eigenvalue weighted by molar-refractivity contribution is 6.31. The maximum atomic E-state index is 13.5. The fraction of sp³-hybridized carbons (Fsp3) is 0.364. The monoisotopic (exact) mass is 242 g/mol. The Bertz CT molecular complexity index is 405. The molecule has 1 fully saturated rings. The third kappa shape index (κ3) is 2.33. The molecule has 0 unspecified atom stereocenters. The minimum Gasteiger partial charge on any atom is -0.348 e. The molecule has 0 aromatic heterocycles. The van der Waals surface area contributed by atoms with Crippen LogP contribution in [0.4, 0.5) is 4.39 Å². The number of halogens is 2. The lowest BCUT2D eigenvalue weighted by molar-refractivity contribution is 0.0936. The molecule has 1 aromatic rings. The highest BCUT2D eigenvalue weighted by Crippen LogP contribution is 2.17. The SMILES string of the molecule is O=C(N[C@H]1CCNC1)c1cccc(Cl)c1F. The second kappa shape index (κ2) is 4.80. The van der Waals surface area contributed by atoms with E-state index in [1.54, 1.807) is 6.07 Å². The maximum Gasteiger partial charge on any atom is 0.254 e. The van der Waals surface area contributed by atoms with E-state index in [2.05, 4.69) is 10.6 Å². The van der Waals surface area contributed by atoms with Gasteiger partial charge in [0.25, 0.3) is 5.91 Å². The number of rotatable bonds is 2. The molecule has 0 saturated carbocycles. The number of nitrogens with one attached hydrogen (secondary N) is 2. The smallest absolute Gasteiger partial charge is 0.254 e. The summed E-state index contributed by atoms with van der Waals surface area (Å²) < 4.78 is 13.5. The minimum absolute atomic E-state index is 0.000556. The van der Waals surface area contributed by atoms with Crippen LogP contribution in [0.3, 0.4) is 0 Å². The fourth-order valence-electron chi connectivity index (χ4n) is 1.72. The molecule has 1 heterocycles. The van der Waals surface area contributed by atoms with E-state index >= 15 is 0 Å². The highest BCUT2D eigenvalue weighted by atomic mass is 35.5. The Hall–Kier alpha value is -1.13. The Balaban J connectivity index is 2.11. The molecule has 0 spiro atoms. The minimum atomic E-state index is -0.660. The molecule has 16 heavy (non-hydrogen) atoms. The Kier molecular flexibility index (Phi) is 3.41. The van der Waals surface area contributed by atoms with Gasteiger partial charge >= 0.3 is 0 Å². The lowest BCUT2D eigenvalue weighted by Gasteiger charge is -2.11. The second-order valence-electron chi connectivity index (χ2n) is 3.76. The van der Waals surface area contributed by atoms with Crippen LogP contribution >= 0.6 is 11.6 Å². The Morgan fingerprint density at radius 3 is 3.06 bits per heavy atom. The summed E-state index contributed by atoms with van der Waals surface area (Å²) in [7, 11) is 0. The predicted molar refractivity (Wildman–Crippen MR) is 60.2 cm³/mol. The molecule has 1 aromatic carbocycles. The van der Waals surface area contributed by atoms with Gasteiger partial charge in [-0.25, -0.2) is 4.39 Å². The van der Waals surface area contributed by atoms with Crippen LogP contribution in [0.15, 0.2) is 18.2 Å². The largest absolute Gasteiger partial charge is 0.348 e. The molecule has 86 valence electrons. The van der Waals surface area contributed by atoms with Gasteiger partial charge in [-0.3, -0.25) is 4.79 Å². The van der Waals surface area contributed by atoms with Crippen LogP contribution in [0.1, 0.15) is 16.8 Å². The second-order valence-corrected chi connectivity index (χ2v) is 4.17. The van der Waals surface area contributed by atoms with Gasteiger partial charge in [-0.05, 0) is 25.1 Å². The molecular weight excluding hydrogens is 231 g/mol. The Labute approximate surface area is 98.0 Å². The lowest BCUT2D eigenvalue weighted by atomic mass is 10.1. The van der Waals surface area contributed by atoms with Gasteiger partial charge in [0.05, 0.1) is 10.6 Å². The van der Waals surface area contributed by atoms with Gasteiger partial charge in [0.1, 0.15) is 0 Å². The van der Waals surface area contributed by atoms with Gasteiger partial charge in [0, 0.05) is 12.6 Å². The van der Waals surface area contributed by atoms with Crippen molar-refractivity contribution in [3.8, 4) is 0 Å². The van der Waals surface area contributed by atoms with Gasteiger partial charge in [-0.15, -0.1) is 0 Å². The lowest BCUT2D eigenvalue weighted by Crippen LogP contribution is -2.36. The summed E-state index contributed by atoms with van der Waals surface area (Å²) in [5, 5.41) is 5.85. The van der Waals surface area contributed by atoms with E-state index < -0.39 is 11.7 Å². The summed E-state index contributed by atoms with van der Waals surface area (Å²) in [6.07, 6.45) is 0.869. The Morgan fingerprint density at radius 2 is 2.38 bits per heavy atom. The van der Waals surface area contributed by atoms with E-state index in [1.807, 2.05) is 0 Å². The molecule has 2 rings (SSSR count). The van der Waals surface area contributed by atoms with Crippen LogP contribution in [-0.4, -0.2) is 25.0 Å². The molecule has 0 aliphatic carbocycles. The van der Waals surface area contributed by atoms with Gasteiger partial charge in [0.15, 0.2) is 5.82 Å². The van der Waals surface area contributed by atoms with Gasteiger partial charge in [0.2, 0.25) is 0 Å². The molecule has 1 atom stereocenters. The topological polar surface area (TPSA) is 41.1 Å².